The van der Waals surface area contributed by atoms with Gasteiger partial charge in [0.05, 0.1) is 5.39 Å². The average Bonchev–Trinajstić information content (AvgIpc) is 2.73. The second kappa shape index (κ2) is 9.92. The SMILES string of the molecule is Cl.O=c1oc2cccc(OCC(O)CNCc3ccccc3)c2c2c1CCCC2. The Labute approximate surface area is 176 Å². The number of rotatable bonds is 7. The van der Waals surface area contributed by atoms with Gasteiger partial charge < -0.3 is 19.6 Å². The summed E-state index contributed by atoms with van der Waals surface area (Å²) in [6.45, 7) is 1.31. The monoisotopic (exact) mass is 415 g/mol. The summed E-state index contributed by atoms with van der Waals surface area (Å²) < 4.78 is 11.4. The van der Waals surface area contributed by atoms with Crippen molar-refractivity contribution in [1.29, 1.82) is 0 Å². The van der Waals surface area contributed by atoms with E-state index < -0.39 is 6.10 Å². The predicted octanol–water partition coefficient (Wildman–Crippen LogP) is 3.62. The van der Waals surface area contributed by atoms with Crippen LogP contribution in [0.15, 0.2) is 57.7 Å². The molecule has 1 aromatic heterocycles. The summed E-state index contributed by atoms with van der Waals surface area (Å²) >= 11 is 0. The van der Waals surface area contributed by atoms with Crippen molar-refractivity contribution in [3.63, 3.8) is 0 Å². The summed E-state index contributed by atoms with van der Waals surface area (Å²) in [5, 5.41) is 14.4. The normalized spacial score (nSPS) is 14.1. The van der Waals surface area contributed by atoms with E-state index >= 15 is 0 Å². The van der Waals surface area contributed by atoms with Crippen LogP contribution >= 0.6 is 12.4 Å². The summed E-state index contributed by atoms with van der Waals surface area (Å²) in [4.78, 5) is 12.2. The van der Waals surface area contributed by atoms with Gasteiger partial charge in [0.1, 0.15) is 24.0 Å². The molecule has 6 heteroatoms. The van der Waals surface area contributed by atoms with E-state index in [1.165, 1.54) is 5.56 Å². The molecule has 2 N–H and O–H groups in total. The highest BCUT2D eigenvalue weighted by Gasteiger charge is 2.20. The lowest BCUT2D eigenvalue weighted by atomic mass is 9.90. The highest BCUT2D eigenvalue weighted by atomic mass is 35.5. The second-order valence-corrected chi connectivity index (χ2v) is 7.26. The van der Waals surface area contributed by atoms with E-state index in [-0.39, 0.29) is 24.6 Å². The van der Waals surface area contributed by atoms with Crippen molar-refractivity contribution in [2.45, 2.75) is 38.3 Å². The highest BCUT2D eigenvalue weighted by molar-refractivity contribution is 5.88. The molecule has 1 unspecified atom stereocenters. The van der Waals surface area contributed by atoms with Crippen LogP contribution in [0.4, 0.5) is 0 Å². The van der Waals surface area contributed by atoms with E-state index in [1.54, 1.807) is 6.07 Å². The number of nitrogens with one attached hydrogen (secondary N) is 1. The van der Waals surface area contributed by atoms with Crippen LogP contribution in [0.3, 0.4) is 0 Å². The van der Waals surface area contributed by atoms with E-state index in [0.717, 1.165) is 42.2 Å². The van der Waals surface area contributed by atoms with Crippen molar-refractivity contribution in [2.24, 2.45) is 0 Å². The van der Waals surface area contributed by atoms with Crippen LogP contribution in [0.5, 0.6) is 5.75 Å². The third kappa shape index (κ3) is 4.99. The zero-order chi connectivity index (χ0) is 19.3. The first-order chi connectivity index (χ1) is 13.7. The van der Waals surface area contributed by atoms with Crippen LogP contribution in [-0.4, -0.2) is 24.4 Å². The van der Waals surface area contributed by atoms with Crippen LogP contribution in [0, 0.1) is 0 Å². The van der Waals surface area contributed by atoms with E-state index in [9.17, 15) is 9.90 Å². The molecule has 29 heavy (non-hydrogen) atoms. The fourth-order valence-corrected chi connectivity index (χ4v) is 3.81. The van der Waals surface area contributed by atoms with Crippen molar-refractivity contribution < 1.29 is 14.3 Å². The van der Waals surface area contributed by atoms with Crippen molar-refractivity contribution in [1.82, 2.24) is 5.32 Å². The topological polar surface area (TPSA) is 71.7 Å². The molecule has 0 radical (unpaired) electrons. The van der Waals surface area contributed by atoms with Crippen LogP contribution in [0.1, 0.15) is 29.5 Å². The van der Waals surface area contributed by atoms with Gasteiger partial charge in [0.2, 0.25) is 0 Å². The number of halogens is 1. The molecule has 0 bridgehead atoms. The zero-order valence-electron chi connectivity index (χ0n) is 16.2. The summed E-state index contributed by atoms with van der Waals surface area (Å²) in [5.74, 6) is 0.668. The van der Waals surface area contributed by atoms with Gasteiger partial charge in [0, 0.05) is 18.7 Å². The number of aliphatic hydroxyl groups is 1. The standard InChI is InChI=1S/C23H25NO4.ClH/c25-17(14-24-13-16-7-2-1-3-8-16)15-27-20-11-6-12-21-22(20)18-9-4-5-10-19(18)23(26)28-21;/h1-3,6-8,11-12,17,24-25H,4-5,9-10,13-15H2;1H. The summed E-state index contributed by atoms with van der Waals surface area (Å²) in [6, 6.07) is 15.6. The molecular weight excluding hydrogens is 390 g/mol. The fourth-order valence-electron chi connectivity index (χ4n) is 3.81. The Kier molecular flexibility index (Phi) is 7.31. The maximum atomic E-state index is 12.2. The van der Waals surface area contributed by atoms with Gasteiger partial charge in [0.25, 0.3) is 0 Å². The smallest absolute Gasteiger partial charge is 0.339 e. The fraction of sp³-hybridized carbons (Fsp3) is 0.348. The van der Waals surface area contributed by atoms with Gasteiger partial charge in [-0.25, -0.2) is 4.79 Å². The minimum absolute atomic E-state index is 0. The number of ether oxygens (including phenoxy) is 1. The first kappa shape index (κ1) is 21.4. The molecule has 0 saturated heterocycles. The maximum Gasteiger partial charge on any atom is 0.339 e. The average molecular weight is 416 g/mol. The van der Waals surface area contributed by atoms with E-state index in [0.29, 0.717) is 24.4 Å². The Hall–Kier alpha value is -2.34. The summed E-state index contributed by atoms with van der Waals surface area (Å²) in [5.41, 5.74) is 3.32. The number of fused-ring (bicyclic) bond motifs is 3. The molecule has 0 aliphatic heterocycles. The summed E-state index contributed by atoms with van der Waals surface area (Å²) in [6.07, 6.45) is 3.06. The zero-order valence-corrected chi connectivity index (χ0v) is 17.0. The molecule has 2 aromatic carbocycles. The summed E-state index contributed by atoms with van der Waals surface area (Å²) in [7, 11) is 0. The molecule has 5 nitrogen and oxygen atoms in total. The second-order valence-electron chi connectivity index (χ2n) is 7.26. The Morgan fingerprint density at radius 3 is 2.59 bits per heavy atom. The lowest BCUT2D eigenvalue weighted by molar-refractivity contribution is 0.107. The molecule has 154 valence electrons. The minimum atomic E-state index is -0.634. The number of aryl methyl sites for hydroxylation is 1. The largest absolute Gasteiger partial charge is 0.490 e. The van der Waals surface area contributed by atoms with E-state index in [4.69, 9.17) is 9.15 Å². The Morgan fingerprint density at radius 1 is 1.03 bits per heavy atom. The maximum absolute atomic E-state index is 12.2. The molecule has 1 aliphatic carbocycles. The number of benzene rings is 2. The third-order valence-electron chi connectivity index (χ3n) is 5.19. The van der Waals surface area contributed by atoms with Gasteiger partial charge >= 0.3 is 5.63 Å². The van der Waals surface area contributed by atoms with Crippen LogP contribution < -0.4 is 15.7 Å². The number of aliphatic hydroxyl groups excluding tert-OH is 1. The van der Waals surface area contributed by atoms with Crippen molar-refractivity contribution in [2.75, 3.05) is 13.2 Å². The molecule has 0 saturated carbocycles. The van der Waals surface area contributed by atoms with Crippen LogP contribution in [0.2, 0.25) is 0 Å². The molecular formula is C23H26ClNO4. The van der Waals surface area contributed by atoms with Gasteiger partial charge in [-0.2, -0.15) is 0 Å². The molecule has 3 aromatic rings. The Bertz CT molecular complexity index is 1000. The Balaban J connectivity index is 0.00000240. The number of hydrogen-bond acceptors (Lipinski definition) is 5. The molecule has 1 heterocycles. The van der Waals surface area contributed by atoms with Gasteiger partial charge in [-0.15, -0.1) is 12.4 Å². The number of hydrogen-bond donors (Lipinski definition) is 2. The molecule has 0 amide bonds. The minimum Gasteiger partial charge on any atom is -0.490 e. The molecule has 0 spiro atoms. The lowest BCUT2D eigenvalue weighted by Gasteiger charge is -2.19. The third-order valence-corrected chi connectivity index (χ3v) is 5.19. The van der Waals surface area contributed by atoms with Crippen LogP contribution in [0.25, 0.3) is 11.0 Å². The molecule has 1 atom stereocenters. The van der Waals surface area contributed by atoms with Crippen molar-refractivity contribution >= 4 is 23.4 Å². The van der Waals surface area contributed by atoms with Crippen molar-refractivity contribution in [3.05, 3.63) is 75.6 Å². The molecule has 1 aliphatic rings. The molecule has 0 fully saturated rings. The Morgan fingerprint density at radius 2 is 1.79 bits per heavy atom. The molecule has 4 rings (SSSR count). The predicted molar refractivity (Wildman–Crippen MR) is 116 cm³/mol. The quantitative estimate of drug-likeness (QED) is 0.576. The van der Waals surface area contributed by atoms with E-state index in [1.807, 2.05) is 42.5 Å². The first-order valence-corrected chi connectivity index (χ1v) is 9.85. The van der Waals surface area contributed by atoms with Gasteiger partial charge in [0.15, 0.2) is 0 Å². The van der Waals surface area contributed by atoms with Gasteiger partial charge in [-0.1, -0.05) is 36.4 Å². The first-order valence-electron chi connectivity index (χ1n) is 9.85. The lowest BCUT2D eigenvalue weighted by Crippen LogP contribution is -2.31. The van der Waals surface area contributed by atoms with Gasteiger partial charge in [-0.3, -0.25) is 0 Å². The van der Waals surface area contributed by atoms with E-state index in [2.05, 4.69) is 5.32 Å². The van der Waals surface area contributed by atoms with Crippen LogP contribution in [-0.2, 0) is 19.4 Å². The van der Waals surface area contributed by atoms with Crippen molar-refractivity contribution in [3.8, 4) is 5.75 Å². The van der Waals surface area contributed by atoms with Gasteiger partial charge in [-0.05, 0) is 48.9 Å². The highest BCUT2D eigenvalue weighted by Crippen LogP contribution is 2.33.